The number of aromatic nitrogens is 5. The average Bonchev–Trinajstić information content (AvgIpc) is 3.23. The highest BCUT2D eigenvalue weighted by molar-refractivity contribution is 6.06. The number of anilines is 2. The number of carbonyl (C=O) groups is 2. The van der Waals surface area contributed by atoms with Crippen molar-refractivity contribution in [1.29, 1.82) is 0 Å². The molecule has 1 amide bonds. The molecule has 11 nitrogen and oxygen atoms in total. The Balaban J connectivity index is 1.31. The molecule has 0 spiro atoms. The zero-order chi connectivity index (χ0) is 28.2. The van der Waals surface area contributed by atoms with E-state index in [1.165, 1.54) is 12.4 Å². The molecule has 206 valence electrons. The van der Waals surface area contributed by atoms with Crippen molar-refractivity contribution in [3.8, 4) is 11.1 Å². The van der Waals surface area contributed by atoms with Crippen molar-refractivity contribution in [3.05, 3.63) is 64.1 Å². The Bertz CT molecular complexity index is 1710. The zero-order valence-corrected chi connectivity index (χ0v) is 22.5. The normalized spacial score (nSPS) is 15.6. The van der Waals surface area contributed by atoms with Gasteiger partial charge < -0.3 is 25.3 Å². The molecule has 1 fully saturated rings. The summed E-state index contributed by atoms with van der Waals surface area (Å²) >= 11 is 0. The fourth-order valence-corrected chi connectivity index (χ4v) is 5.63. The minimum atomic E-state index is -0.978. The van der Waals surface area contributed by atoms with Crippen LogP contribution < -0.4 is 16.6 Å². The number of amides is 1. The molecule has 6 rings (SSSR count). The van der Waals surface area contributed by atoms with E-state index in [0.29, 0.717) is 53.8 Å². The second-order valence-corrected chi connectivity index (χ2v) is 11.3. The number of hydrogen-bond donors (Lipinski definition) is 3. The quantitative estimate of drug-likeness (QED) is 0.335. The molecule has 4 aromatic rings. The van der Waals surface area contributed by atoms with Crippen molar-refractivity contribution in [2.45, 2.75) is 70.6 Å². The van der Waals surface area contributed by atoms with Gasteiger partial charge in [0, 0.05) is 47.2 Å². The van der Waals surface area contributed by atoms with Gasteiger partial charge in [-0.2, -0.15) is 0 Å². The maximum absolute atomic E-state index is 13.4. The Labute approximate surface area is 230 Å². The molecule has 2 aliphatic carbocycles. The van der Waals surface area contributed by atoms with E-state index < -0.39 is 11.5 Å². The summed E-state index contributed by atoms with van der Waals surface area (Å²) in [5.41, 5.74) is 8.08. The minimum Gasteiger partial charge on any atom is -0.389 e. The first-order valence-electron chi connectivity index (χ1n) is 13.5. The first-order chi connectivity index (χ1) is 19.1. The number of nitrogen functional groups attached to an aromatic ring is 1. The van der Waals surface area contributed by atoms with Crippen LogP contribution in [0.2, 0.25) is 0 Å². The summed E-state index contributed by atoms with van der Waals surface area (Å²) in [6.07, 6.45) is 9.39. The Hall–Kier alpha value is -4.38. The van der Waals surface area contributed by atoms with Gasteiger partial charge in [-0.1, -0.05) is 0 Å². The maximum atomic E-state index is 13.4. The molecule has 0 unspecified atom stereocenters. The van der Waals surface area contributed by atoms with Crippen molar-refractivity contribution in [2.24, 2.45) is 0 Å². The molecule has 2 aliphatic rings. The van der Waals surface area contributed by atoms with Crippen molar-refractivity contribution in [3.63, 3.8) is 0 Å². The number of rotatable bonds is 6. The van der Waals surface area contributed by atoms with E-state index in [9.17, 15) is 19.5 Å². The molecule has 0 radical (unpaired) electrons. The highest BCUT2D eigenvalue weighted by Crippen LogP contribution is 2.35. The van der Waals surface area contributed by atoms with Crippen LogP contribution in [0.5, 0.6) is 0 Å². The van der Waals surface area contributed by atoms with Gasteiger partial charge in [0.05, 0.1) is 17.5 Å². The number of pyridine rings is 2. The van der Waals surface area contributed by atoms with E-state index in [4.69, 9.17) is 5.73 Å². The fourth-order valence-electron chi connectivity index (χ4n) is 5.63. The van der Waals surface area contributed by atoms with Crippen LogP contribution in [0, 0.1) is 0 Å². The van der Waals surface area contributed by atoms with E-state index in [0.717, 1.165) is 30.5 Å². The molecule has 40 heavy (non-hydrogen) atoms. The lowest BCUT2D eigenvalue weighted by Gasteiger charge is -2.32. The predicted molar refractivity (Wildman–Crippen MR) is 150 cm³/mol. The lowest BCUT2D eigenvalue weighted by molar-refractivity contribution is 0.0627. The second kappa shape index (κ2) is 9.67. The number of ketones is 1. The van der Waals surface area contributed by atoms with Crippen LogP contribution >= 0.6 is 0 Å². The van der Waals surface area contributed by atoms with E-state index >= 15 is 0 Å². The molecule has 0 atom stereocenters. The highest BCUT2D eigenvalue weighted by atomic mass is 16.3. The molecule has 0 aliphatic heterocycles. The molecule has 11 heteroatoms. The molecular formula is C29H31N7O4. The van der Waals surface area contributed by atoms with Gasteiger partial charge in [0.1, 0.15) is 29.2 Å². The maximum Gasteiger partial charge on any atom is 0.263 e. The van der Waals surface area contributed by atoms with E-state index in [-0.39, 0.29) is 28.8 Å². The zero-order valence-electron chi connectivity index (χ0n) is 22.5. The summed E-state index contributed by atoms with van der Waals surface area (Å²) in [7, 11) is 0. The number of Topliss-reactive ketones (excluding diaryl/α,β-unsaturated/α-hetero) is 1. The van der Waals surface area contributed by atoms with Gasteiger partial charge in [0.25, 0.3) is 11.5 Å². The standard InChI is InChI=1S/C29H31N7O4/c1-29(2,40)14-35-13-20(24-25(30)32-15-33-26(24)35)16-9-10-23(31-12-16)34-27(38)19-11-18-21(7-4-8-22(18)37)36(28(19)39)17-5-3-6-17/h9-13,15,17,40H,3-8,14H2,1-2H3,(H2,30,32,33)(H,31,34,38). The lowest BCUT2D eigenvalue weighted by atomic mass is 9.88. The molecule has 0 saturated heterocycles. The van der Waals surface area contributed by atoms with Crippen LogP contribution in [0.25, 0.3) is 22.2 Å². The largest absolute Gasteiger partial charge is 0.389 e. The van der Waals surface area contributed by atoms with E-state index in [1.54, 1.807) is 36.7 Å². The first-order valence-corrected chi connectivity index (χ1v) is 13.5. The number of nitrogens with two attached hydrogens (primary N) is 1. The van der Waals surface area contributed by atoms with E-state index in [2.05, 4.69) is 20.3 Å². The number of nitrogens with one attached hydrogen (secondary N) is 1. The smallest absolute Gasteiger partial charge is 0.263 e. The Morgan fingerprint density at radius 3 is 2.60 bits per heavy atom. The summed E-state index contributed by atoms with van der Waals surface area (Å²) < 4.78 is 3.51. The molecule has 0 bridgehead atoms. The minimum absolute atomic E-state index is 0.0298. The van der Waals surface area contributed by atoms with Crippen LogP contribution in [0.15, 0.2) is 41.7 Å². The summed E-state index contributed by atoms with van der Waals surface area (Å²) in [6, 6.07) is 4.91. The van der Waals surface area contributed by atoms with Crippen molar-refractivity contribution in [1.82, 2.24) is 24.1 Å². The molecule has 4 heterocycles. The fraction of sp³-hybridized carbons (Fsp3) is 0.379. The van der Waals surface area contributed by atoms with Gasteiger partial charge in [-0.25, -0.2) is 15.0 Å². The number of hydrogen-bond acceptors (Lipinski definition) is 8. The monoisotopic (exact) mass is 541 g/mol. The summed E-state index contributed by atoms with van der Waals surface area (Å²) in [5.74, 6) is -0.0646. The van der Waals surface area contributed by atoms with Crippen LogP contribution in [0.3, 0.4) is 0 Å². The molecular weight excluding hydrogens is 510 g/mol. The van der Waals surface area contributed by atoms with Crippen molar-refractivity contribution in [2.75, 3.05) is 11.1 Å². The Morgan fingerprint density at radius 2 is 1.93 bits per heavy atom. The number of nitrogens with zero attached hydrogens (tertiary/aromatic N) is 5. The van der Waals surface area contributed by atoms with Gasteiger partial charge in [-0.3, -0.25) is 14.4 Å². The van der Waals surface area contributed by atoms with Gasteiger partial charge in [-0.05, 0) is 64.2 Å². The molecule has 4 aromatic heterocycles. The third-order valence-corrected chi connectivity index (χ3v) is 7.70. The third kappa shape index (κ3) is 4.56. The Morgan fingerprint density at radius 1 is 1.12 bits per heavy atom. The van der Waals surface area contributed by atoms with Crippen molar-refractivity contribution < 1.29 is 14.7 Å². The highest BCUT2D eigenvalue weighted by Gasteiger charge is 2.31. The van der Waals surface area contributed by atoms with Crippen molar-refractivity contribution >= 4 is 34.4 Å². The number of aliphatic hydroxyl groups is 1. The molecule has 4 N–H and O–H groups in total. The molecule has 1 saturated carbocycles. The van der Waals surface area contributed by atoms with Gasteiger partial charge in [-0.15, -0.1) is 0 Å². The number of fused-ring (bicyclic) bond motifs is 2. The first kappa shape index (κ1) is 25.9. The summed E-state index contributed by atoms with van der Waals surface area (Å²) in [4.78, 5) is 52.3. The van der Waals surface area contributed by atoms with Crippen LogP contribution in [0.4, 0.5) is 11.6 Å². The SMILES string of the molecule is CC(C)(O)Cn1cc(-c2ccc(NC(=O)c3cc4c(n(C5CCC5)c3=O)CCCC4=O)nc2)c2c(N)ncnc21. The number of carbonyl (C=O) groups excluding carboxylic acids is 2. The summed E-state index contributed by atoms with van der Waals surface area (Å²) in [6.45, 7) is 3.71. The lowest BCUT2D eigenvalue weighted by Crippen LogP contribution is -2.38. The van der Waals surface area contributed by atoms with Gasteiger partial charge >= 0.3 is 0 Å². The Kier molecular flexibility index (Phi) is 6.25. The molecule has 0 aromatic carbocycles. The second-order valence-electron chi connectivity index (χ2n) is 11.3. The summed E-state index contributed by atoms with van der Waals surface area (Å²) in [5, 5.41) is 13.7. The van der Waals surface area contributed by atoms with Gasteiger partial charge in [0.2, 0.25) is 0 Å². The topological polar surface area (TPSA) is 158 Å². The van der Waals surface area contributed by atoms with Gasteiger partial charge in [0.15, 0.2) is 5.78 Å². The third-order valence-electron chi connectivity index (χ3n) is 7.70. The van der Waals surface area contributed by atoms with Crippen LogP contribution in [-0.2, 0) is 13.0 Å². The van der Waals surface area contributed by atoms with Crippen LogP contribution in [-0.4, -0.2) is 46.5 Å². The van der Waals surface area contributed by atoms with E-state index in [1.807, 2.05) is 10.8 Å². The average molecular weight is 542 g/mol. The predicted octanol–water partition coefficient (Wildman–Crippen LogP) is 3.50. The van der Waals surface area contributed by atoms with Crippen LogP contribution in [0.1, 0.15) is 78.4 Å².